The van der Waals surface area contributed by atoms with Crippen LogP contribution in [0.15, 0.2) is 12.1 Å². The smallest absolute Gasteiger partial charge is 0.270 e. The molecule has 1 aliphatic carbocycles. The van der Waals surface area contributed by atoms with Crippen molar-refractivity contribution in [3.8, 4) is 5.75 Å². The summed E-state index contributed by atoms with van der Waals surface area (Å²) in [6.07, 6.45) is 8.19. The van der Waals surface area contributed by atoms with Crippen LogP contribution in [0.2, 0.25) is 0 Å². The van der Waals surface area contributed by atoms with Crippen LogP contribution in [0.25, 0.3) is 0 Å². The van der Waals surface area contributed by atoms with Crippen LogP contribution in [0.3, 0.4) is 0 Å². The molecular formula is C27H41N3O3. The summed E-state index contributed by atoms with van der Waals surface area (Å²) in [5.74, 6) is 1.62. The fraction of sp³-hybridized carbons (Fsp3) is 0.704. The molecule has 0 radical (unpaired) electrons. The Morgan fingerprint density at radius 3 is 2.64 bits per heavy atom. The number of nitrogens with one attached hydrogen (secondary N) is 1. The molecule has 0 bridgehead atoms. The molecule has 6 nitrogen and oxygen atoms in total. The second kappa shape index (κ2) is 9.65. The lowest BCUT2D eigenvalue weighted by Crippen LogP contribution is -2.53. The highest BCUT2D eigenvalue weighted by molar-refractivity contribution is 6.05. The van der Waals surface area contributed by atoms with Crippen molar-refractivity contribution in [2.24, 2.45) is 5.92 Å². The molecule has 3 aliphatic rings. The number of ether oxygens (including phenoxy) is 1. The third-order valence-corrected chi connectivity index (χ3v) is 7.35. The molecular weight excluding hydrogens is 414 g/mol. The number of amides is 2. The fourth-order valence-electron chi connectivity index (χ4n) is 5.31. The first-order valence-corrected chi connectivity index (χ1v) is 12.9. The molecule has 0 unspecified atom stereocenters. The second-order valence-corrected chi connectivity index (χ2v) is 10.9. The summed E-state index contributed by atoms with van der Waals surface area (Å²) in [5.41, 5.74) is 1.41. The number of carbonyl (C=O) groups is 2. The third-order valence-electron chi connectivity index (χ3n) is 7.35. The molecule has 2 heterocycles. The topological polar surface area (TPSA) is 61.9 Å². The van der Waals surface area contributed by atoms with Crippen molar-refractivity contribution >= 4 is 17.5 Å². The lowest BCUT2D eigenvalue weighted by Gasteiger charge is -2.40. The van der Waals surface area contributed by atoms with E-state index in [4.69, 9.17) is 4.74 Å². The van der Waals surface area contributed by atoms with Crippen LogP contribution in [-0.2, 0) is 4.79 Å². The minimum absolute atomic E-state index is 0.0270. The number of hydrogen-bond acceptors (Lipinski definition) is 4. The molecule has 0 aromatic heterocycles. The maximum atomic E-state index is 13.8. The molecule has 2 fully saturated rings. The van der Waals surface area contributed by atoms with Crippen LogP contribution in [0.4, 0.5) is 5.69 Å². The van der Waals surface area contributed by atoms with Crippen LogP contribution in [0, 0.1) is 12.8 Å². The summed E-state index contributed by atoms with van der Waals surface area (Å²) in [6.45, 7) is 12.3. The third kappa shape index (κ3) is 5.21. The van der Waals surface area contributed by atoms with E-state index in [1.165, 1.54) is 19.3 Å². The first-order valence-electron chi connectivity index (χ1n) is 12.9. The van der Waals surface area contributed by atoms with E-state index in [1.807, 2.05) is 42.7 Å². The minimum atomic E-state index is -0.904. The summed E-state index contributed by atoms with van der Waals surface area (Å²) in [4.78, 5) is 31.0. The van der Waals surface area contributed by atoms with Crippen LogP contribution in [0.1, 0.15) is 88.6 Å². The van der Waals surface area contributed by atoms with Crippen LogP contribution in [-0.4, -0.2) is 54.0 Å². The molecule has 1 aromatic carbocycles. The van der Waals surface area contributed by atoms with Gasteiger partial charge >= 0.3 is 0 Å². The summed E-state index contributed by atoms with van der Waals surface area (Å²) in [5, 5.41) is 3.44. The van der Waals surface area contributed by atoms with Crippen molar-refractivity contribution in [1.82, 2.24) is 10.2 Å². The Morgan fingerprint density at radius 2 is 2.00 bits per heavy atom. The summed E-state index contributed by atoms with van der Waals surface area (Å²) < 4.78 is 6.13. The Morgan fingerprint density at radius 1 is 1.24 bits per heavy atom. The number of anilines is 1. The molecule has 6 heteroatoms. The number of rotatable bonds is 8. The van der Waals surface area contributed by atoms with E-state index in [0.29, 0.717) is 17.9 Å². The van der Waals surface area contributed by atoms with Gasteiger partial charge in [-0.2, -0.15) is 0 Å². The number of aryl methyl sites for hydroxylation is 1. The van der Waals surface area contributed by atoms with Gasteiger partial charge in [0.15, 0.2) is 5.60 Å². The van der Waals surface area contributed by atoms with Crippen molar-refractivity contribution in [3.63, 3.8) is 0 Å². The number of piperidine rings is 1. The first-order chi connectivity index (χ1) is 15.7. The zero-order valence-electron chi connectivity index (χ0n) is 21.1. The van der Waals surface area contributed by atoms with Crippen molar-refractivity contribution in [2.45, 2.75) is 97.2 Å². The van der Waals surface area contributed by atoms with Gasteiger partial charge in [0.05, 0.1) is 5.69 Å². The van der Waals surface area contributed by atoms with Gasteiger partial charge < -0.3 is 19.9 Å². The summed E-state index contributed by atoms with van der Waals surface area (Å²) in [7, 11) is 0. The highest BCUT2D eigenvalue weighted by Crippen LogP contribution is 2.41. The van der Waals surface area contributed by atoms with Gasteiger partial charge in [0.2, 0.25) is 0 Å². The molecule has 33 heavy (non-hydrogen) atoms. The van der Waals surface area contributed by atoms with Gasteiger partial charge in [-0.3, -0.25) is 9.59 Å². The number of unbranched alkanes of at least 4 members (excludes halogenated alkanes) is 1. The molecule has 182 valence electrons. The van der Waals surface area contributed by atoms with Gasteiger partial charge in [-0.1, -0.05) is 25.7 Å². The lowest BCUT2D eigenvalue weighted by atomic mass is 9.97. The van der Waals surface area contributed by atoms with Gasteiger partial charge in [-0.05, 0) is 84.0 Å². The van der Waals surface area contributed by atoms with Gasteiger partial charge in [0.25, 0.3) is 11.8 Å². The second-order valence-electron chi connectivity index (χ2n) is 10.9. The van der Waals surface area contributed by atoms with E-state index >= 15 is 0 Å². The average molecular weight is 456 g/mol. The number of carbonyl (C=O) groups excluding carboxylic acids is 2. The van der Waals surface area contributed by atoms with E-state index in [9.17, 15) is 9.59 Å². The normalized spacial score (nSPS) is 22.2. The Hall–Kier alpha value is -2.08. The molecule has 2 aliphatic heterocycles. The number of fused-ring (bicyclic) bond motifs is 1. The van der Waals surface area contributed by atoms with Crippen molar-refractivity contribution < 1.29 is 14.3 Å². The Kier molecular flexibility index (Phi) is 7.04. The van der Waals surface area contributed by atoms with E-state index in [2.05, 4.69) is 19.2 Å². The van der Waals surface area contributed by atoms with Crippen LogP contribution >= 0.6 is 0 Å². The Bertz CT molecular complexity index is 885. The minimum Gasteiger partial charge on any atom is -0.476 e. The van der Waals surface area contributed by atoms with Crippen molar-refractivity contribution in [1.29, 1.82) is 0 Å². The zero-order chi connectivity index (χ0) is 23.8. The van der Waals surface area contributed by atoms with Gasteiger partial charge in [0, 0.05) is 30.7 Å². The SMILES string of the molecule is Cc1cc2c(cc1C(=O)N(C(C)C)[C@@H]1CCCNC1)N(CCCCC1CC1)C(=O)C(C)(C)O2. The summed E-state index contributed by atoms with van der Waals surface area (Å²) in [6, 6.07) is 4.16. The van der Waals surface area contributed by atoms with Gasteiger partial charge in [0.1, 0.15) is 5.75 Å². The molecule has 1 saturated heterocycles. The molecule has 2 amide bonds. The van der Waals surface area contributed by atoms with E-state index < -0.39 is 5.60 Å². The number of benzene rings is 1. The molecule has 4 rings (SSSR count). The molecule has 1 N–H and O–H groups in total. The Labute approximate surface area is 199 Å². The standard InChI is InChI=1S/C27H41N3O3/c1-18(2)30(21-10-8-13-28-17-21)25(31)22-16-23-24(15-19(22)3)33-27(4,5)26(32)29(23)14-7-6-9-20-11-12-20/h15-16,18,20-21,28H,6-14,17H2,1-5H3/t21-/m1/s1. The monoisotopic (exact) mass is 455 g/mol. The maximum absolute atomic E-state index is 13.8. The predicted molar refractivity (Wildman–Crippen MR) is 132 cm³/mol. The zero-order valence-corrected chi connectivity index (χ0v) is 21.1. The highest BCUT2D eigenvalue weighted by atomic mass is 16.5. The molecule has 1 aromatic rings. The van der Waals surface area contributed by atoms with E-state index in [-0.39, 0.29) is 23.9 Å². The van der Waals surface area contributed by atoms with E-state index in [0.717, 1.165) is 55.9 Å². The Balaban J connectivity index is 1.62. The quantitative estimate of drug-likeness (QED) is 0.578. The number of hydrogen-bond donors (Lipinski definition) is 1. The van der Waals surface area contributed by atoms with Crippen molar-refractivity contribution in [2.75, 3.05) is 24.5 Å². The molecule has 0 spiro atoms. The average Bonchev–Trinajstić information content (AvgIpc) is 3.58. The maximum Gasteiger partial charge on any atom is 0.270 e. The first kappa shape index (κ1) is 24.1. The molecule has 1 atom stereocenters. The molecule has 1 saturated carbocycles. The lowest BCUT2D eigenvalue weighted by molar-refractivity contribution is -0.132. The van der Waals surface area contributed by atoms with Crippen LogP contribution in [0.5, 0.6) is 5.75 Å². The van der Waals surface area contributed by atoms with Crippen molar-refractivity contribution in [3.05, 3.63) is 23.3 Å². The largest absolute Gasteiger partial charge is 0.476 e. The number of nitrogens with zero attached hydrogens (tertiary/aromatic N) is 2. The van der Waals surface area contributed by atoms with E-state index in [1.54, 1.807) is 0 Å². The van der Waals surface area contributed by atoms with Gasteiger partial charge in [-0.15, -0.1) is 0 Å². The van der Waals surface area contributed by atoms with Gasteiger partial charge in [-0.25, -0.2) is 0 Å². The fourth-order valence-corrected chi connectivity index (χ4v) is 5.31. The predicted octanol–water partition coefficient (Wildman–Crippen LogP) is 4.68. The highest BCUT2D eigenvalue weighted by Gasteiger charge is 2.41. The van der Waals surface area contributed by atoms with Crippen LogP contribution < -0.4 is 15.0 Å². The summed E-state index contributed by atoms with van der Waals surface area (Å²) >= 11 is 0.